The molecule has 3 rings (SSSR count). The maximum atomic E-state index is 13.6. The Morgan fingerprint density at radius 3 is 2.34 bits per heavy atom. The average Bonchev–Trinajstić information content (AvgIpc) is 3.32. The Morgan fingerprint density at radius 1 is 1.06 bits per heavy atom. The second-order valence-corrected chi connectivity index (χ2v) is 11.5. The van der Waals surface area contributed by atoms with E-state index in [0.717, 1.165) is 52.9 Å². The summed E-state index contributed by atoms with van der Waals surface area (Å²) in [5, 5.41) is 3.08. The van der Waals surface area contributed by atoms with Gasteiger partial charge in [0.2, 0.25) is 21.8 Å². The standard InChI is InChI=1S/C27H37N3O4S/c1-20-14-15-21(2)25(18-20)30(35(4,33)34)19-26(31)29(17-16-23-10-6-5-7-11-23)22(3)27(32)28-24-12-8-9-13-24/h5-7,10-11,14-15,18,22,24H,8-9,12-13,16-17,19H2,1-4H3,(H,28,32)/t22-/m1/s1. The Bertz CT molecular complexity index is 1130. The Balaban J connectivity index is 1.85. The van der Waals surface area contributed by atoms with E-state index in [-0.39, 0.29) is 18.5 Å². The van der Waals surface area contributed by atoms with Gasteiger partial charge < -0.3 is 10.2 Å². The fourth-order valence-electron chi connectivity index (χ4n) is 4.54. The number of nitrogens with zero attached hydrogens (tertiary/aromatic N) is 2. The van der Waals surface area contributed by atoms with Crippen LogP contribution in [0, 0.1) is 13.8 Å². The van der Waals surface area contributed by atoms with E-state index < -0.39 is 22.0 Å². The summed E-state index contributed by atoms with van der Waals surface area (Å²) < 4.78 is 26.6. The Kier molecular flexibility index (Phi) is 8.94. The van der Waals surface area contributed by atoms with Gasteiger partial charge in [0.15, 0.2) is 0 Å². The number of carbonyl (C=O) groups excluding carboxylic acids is 2. The molecule has 2 amide bonds. The molecule has 1 aliphatic rings. The van der Waals surface area contributed by atoms with Crippen molar-refractivity contribution >= 4 is 27.5 Å². The number of hydrogen-bond donors (Lipinski definition) is 1. The zero-order valence-corrected chi connectivity index (χ0v) is 22.0. The summed E-state index contributed by atoms with van der Waals surface area (Å²) in [7, 11) is -3.73. The third-order valence-electron chi connectivity index (χ3n) is 6.67. The Hall–Kier alpha value is -2.87. The third kappa shape index (κ3) is 7.31. The lowest BCUT2D eigenvalue weighted by molar-refractivity contribution is -0.139. The monoisotopic (exact) mass is 499 g/mol. The lowest BCUT2D eigenvalue weighted by atomic mass is 10.1. The predicted octanol–water partition coefficient (Wildman–Crippen LogP) is 3.59. The first-order chi connectivity index (χ1) is 16.6. The van der Waals surface area contributed by atoms with Gasteiger partial charge in [-0.3, -0.25) is 13.9 Å². The number of hydrogen-bond acceptors (Lipinski definition) is 4. The topological polar surface area (TPSA) is 86.8 Å². The zero-order chi connectivity index (χ0) is 25.6. The number of amides is 2. The van der Waals surface area contributed by atoms with Crippen LogP contribution in [0.25, 0.3) is 0 Å². The molecule has 0 heterocycles. The van der Waals surface area contributed by atoms with E-state index in [2.05, 4.69) is 5.32 Å². The summed E-state index contributed by atoms with van der Waals surface area (Å²) in [4.78, 5) is 28.2. The van der Waals surface area contributed by atoms with E-state index in [9.17, 15) is 18.0 Å². The minimum absolute atomic E-state index is 0.137. The van der Waals surface area contributed by atoms with Crippen LogP contribution in [0.4, 0.5) is 5.69 Å². The lowest BCUT2D eigenvalue weighted by Gasteiger charge is -2.32. The van der Waals surface area contributed by atoms with Crippen LogP contribution in [0.5, 0.6) is 0 Å². The molecule has 1 fully saturated rings. The average molecular weight is 500 g/mol. The van der Waals surface area contributed by atoms with Gasteiger partial charge in [0.1, 0.15) is 12.6 Å². The van der Waals surface area contributed by atoms with Crippen molar-refractivity contribution in [2.75, 3.05) is 23.7 Å². The number of nitrogens with one attached hydrogen (secondary N) is 1. The highest BCUT2D eigenvalue weighted by atomic mass is 32.2. The first kappa shape index (κ1) is 26.7. The second-order valence-electron chi connectivity index (χ2n) is 9.55. The number of rotatable bonds is 10. The molecular weight excluding hydrogens is 462 g/mol. The van der Waals surface area contributed by atoms with Gasteiger partial charge in [-0.05, 0) is 62.8 Å². The predicted molar refractivity (Wildman–Crippen MR) is 140 cm³/mol. The molecule has 0 unspecified atom stereocenters. The summed E-state index contributed by atoms with van der Waals surface area (Å²) in [6.45, 7) is 5.37. The smallest absolute Gasteiger partial charge is 0.244 e. The summed E-state index contributed by atoms with van der Waals surface area (Å²) in [6, 6.07) is 14.7. The molecule has 1 saturated carbocycles. The molecule has 1 atom stereocenters. The van der Waals surface area contributed by atoms with Crippen LogP contribution in [0.3, 0.4) is 0 Å². The maximum absolute atomic E-state index is 13.6. The van der Waals surface area contributed by atoms with Crippen LogP contribution in [0.15, 0.2) is 48.5 Å². The number of benzene rings is 2. The van der Waals surface area contributed by atoms with Gasteiger partial charge in [-0.1, -0.05) is 55.3 Å². The molecule has 35 heavy (non-hydrogen) atoms. The van der Waals surface area contributed by atoms with E-state index in [0.29, 0.717) is 18.7 Å². The first-order valence-electron chi connectivity index (χ1n) is 12.2. The molecule has 0 aromatic heterocycles. The molecule has 0 radical (unpaired) electrons. The minimum Gasteiger partial charge on any atom is -0.352 e. The van der Waals surface area contributed by atoms with E-state index in [1.807, 2.05) is 56.3 Å². The SMILES string of the molecule is Cc1ccc(C)c(N(CC(=O)N(CCc2ccccc2)[C@H](C)C(=O)NC2CCCC2)S(C)(=O)=O)c1. The quantitative estimate of drug-likeness (QED) is 0.541. The molecular formula is C27H37N3O4S. The summed E-state index contributed by atoms with van der Waals surface area (Å²) >= 11 is 0. The van der Waals surface area contributed by atoms with Gasteiger partial charge in [-0.25, -0.2) is 8.42 Å². The Labute approximate surface area is 209 Å². The number of aryl methyl sites for hydroxylation is 2. The molecule has 0 spiro atoms. The third-order valence-corrected chi connectivity index (χ3v) is 7.79. The highest BCUT2D eigenvalue weighted by molar-refractivity contribution is 7.92. The van der Waals surface area contributed by atoms with Gasteiger partial charge in [0.25, 0.3) is 0 Å². The maximum Gasteiger partial charge on any atom is 0.244 e. The molecule has 0 saturated heterocycles. The first-order valence-corrected chi connectivity index (χ1v) is 14.1. The van der Waals surface area contributed by atoms with E-state index in [4.69, 9.17) is 0 Å². The van der Waals surface area contributed by atoms with Crippen molar-refractivity contribution in [1.29, 1.82) is 0 Å². The fourth-order valence-corrected chi connectivity index (χ4v) is 5.44. The molecule has 0 aliphatic heterocycles. The normalized spacial score (nSPS) is 15.0. The van der Waals surface area contributed by atoms with Gasteiger partial charge in [0.05, 0.1) is 11.9 Å². The van der Waals surface area contributed by atoms with Crippen molar-refractivity contribution in [2.45, 2.75) is 65.0 Å². The molecule has 7 nitrogen and oxygen atoms in total. The summed E-state index contributed by atoms with van der Waals surface area (Å²) in [5.74, 6) is -0.600. The van der Waals surface area contributed by atoms with Crippen LogP contribution in [-0.4, -0.2) is 56.6 Å². The molecule has 0 bridgehead atoms. The highest BCUT2D eigenvalue weighted by Gasteiger charge is 2.31. The van der Waals surface area contributed by atoms with Crippen LogP contribution in [-0.2, 0) is 26.0 Å². The van der Waals surface area contributed by atoms with Gasteiger partial charge in [-0.2, -0.15) is 0 Å². The second kappa shape index (κ2) is 11.7. The van der Waals surface area contributed by atoms with Gasteiger partial charge >= 0.3 is 0 Å². The molecule has 1 N–H and O–H groups in total. The van der Waals surface area contributed by atoms with E-state index >= 15 is 0 Å². The van der Waals surface area contributed by atoms with Crippen molar-refractivity contribution in [1.82, 2.24) is 10.2 Å². The lowest BCUT2D eigenvalue weighted by Crippen LogP contribution is -2.53. The Morgan fingerprint density at radius 2 is 1.71 bits per heavy atom. The number of sulfonamides is 1. The van der Waals surface area contributed by atoms with Crippen LogP contribution in [0.1, 0.15) is 49.3 Å². The summed E-state index contributed by atoms with van der Waals surface area (Å²) in [6.07, 6.45) is 5.75. The van der Waals surface area contributed by atoms with Crippen molar-refractivity contribution < 1.29 is 18.0 Å². The van der Waals surface area contributed by atoms with Gasteiger partial charge in [-0.15, -0.1) is 0 Å². The van der Waals surface area contributed by atoms with Crippen LogP contribution >= 0.6 is 0 Å². The molecule has 1 aliphatic carbocycles. The largest absolute Gasteiger partial charge is 0.352 e. The minimum atomic E-state index is -3.73. The van der Waals surface area contributed by atoms with Crippen molar-refractivity contribution in [3.8, 4) is 0 Å². The highest BCUT2D eigenvalue weighted by Crippen LogP contribution is 2.24. The fraction of sp³-hybridized carbons (Fsp3) is 0.481. The van der Waals surface area contributed by atoms with Crippen molar-refractivity contribution in [3.63, 3.8) is 0 Å². The number of carbonyl (C=O) groups is 2. The van der Waals surface area contributed by atoms with Crippen molar-refractivity contribution in [2.24, 2.45) is 0 Å². The summed E-state index contributed by atoms with van der Waals surface area (Å²) in [5.41, 5.74) is 3.18. The molecule has 8 heteroatoms. The zero-order valence-electron chi connectivity index (χ0n) is 21.2. The molecule has 190 valence electrons. The molecule has 2 aromatic rings. The van der Waals surface area contributed by atoms with Crippen LogP contribution in [0.2, 0.25) is 0 Å². The number of anilines is 1. The van der Waals surface area contributed by atoms with E-state index in [1.165, 1.54) is 4.90 Å². The van der Waals surface area contributed by atoms with Gasteiger partial charge in [0, 0.05) is 12.6 Å². The van der Waals surface area contributed by atoms with E-state index in [1.54, 1.807) is 13.0 Å². The van der Waals surface area contributed by atoms with Crippen molar-refractivity contribution in [3.05, 3.63) is 65.2 Å². The van der Waals surface area contributed by atoms with Crippen LogP contribution < -0.4 is 9.62 Å². The molecule has 2 aromatic carbocycles.